The molecule has 2 aromatic carbocycles. The van der Waals surface area contributed by atoms with Gasteiger partial charge in [0.05, 0.1) is 23.1 Å². The fourth-order valence-electron chi connectivity index (χ4n) is 3.27. The Morgan fingerprint density at radius 1 is 1.21 bits per heavy atom. The molecule has 3 aromatic rings. The molecule has 0 spiro atoms. The number of anilines is 1. The molecule has 1 amide bonds. The zero-order valence-electron chi connectivity index (χ0n) is 15.5. The lowest BCUT2D eigenvalue weighted by Gasteiger charge is -2.13. The standard InChI is InChI=1S/C19H18ClN3O5S/c1-27-17-6-4-12(20)10-15(17)22-29(25,26)13-5-7-16-14(11-13)18(21-28-16)19(24)23-8-2-3-9-23/h4-7,10-11,22H,2-3,8-9H2,1H3. The largest absolute Gasteiger partial charge is 0.495 e. The fourth-order valence-corrected chi connectivity index (χ4v) is 4.53. The van der Waals surface area contributed by atoms with Gasteiger partial charge in [-0.2, -0.15) is 0 Å². The summed E-state index contributed by atoms with van der Waals surface area (Å²) >= 11 is 5.98. The quantitative estimate of drug-likeness (QED) is 0.657. The van der Waals surface area contributed by atoms with Gasteiger partial charge >= 0.3 is 0 Å². The second-order valence-electron chi connectivity index (χ2n) is 6.64. The Balaban J connectivity index is 1.71. The van der Waals surface area contributed by atoms with E-state index in [1.54, 1.807) is 17.0 Å². The molecule has 1 N–H and O–H groups in total. The molecule has 1 fully saturated rings. The molecule has 1 aromatic heterocycles. The summed E-state index contributed by atoms with van der Waals surface area (Å²) in [4.78, 5) is 14.4. The molecule has 0 saturated carbocycles. The van der Waals surface area contributed by atoms with Gasteiger partial charge in [0.15, 0.2) is 11.3 Å². The minimum Gasteiger partial charge on any atom is -0.495 e. The van der Waals surface area contributed by atoms with Crippen LogP contribution in [0.1, 0.15) is 23.3 Å². The Bertz CT molecular complexity index is 1190. The van der Waals surface area contributed by atoms with E-state index in [2.05, 4.69) is 9.88 Å². The van der Waals surface area contributed by atoms with Crippen molar-refractivity contribution in [2.75, 3.05) is 24.9 Å². The predicted molar refractivity (Wildman–Crippen MR) is 108 cm³/mol. The van der Waals surface area contributed by atoms with E-state index in [9.17, 15) is 13.2 Å². The van der Waals surface area contributed by atoms with Crippen LogP contribution in [-0.4, -0.2) is 44.6 Å². The Kier molecular flexibility index (Phi) is 5.10. The lowest BCUT2D eigenvalue weighted by Crippen LogP contribution is -2.28. The van der Waals surface area contributed by atoms with Gasteiger partial charge in [0.2, 0.25) is 0 Å². The highest BCUT2D eigenvalue weighted by Crippen LogP contribution is 2.31. The molecule has 152 valence electrons. The van der Waals surface area contributed by atoms with E-state index in [4.69, 9.17) is 20.9 Å². The van der Waals surface area contributed by atoms with E-state index in [1.165, 1.54) is 31.4 Å². The van der Waals surface area contributed by atoms with E-state index in [0.29, 0.717) is 34.8 Å². The van der Waals surface area contributed by atoms with Crippen LogP contribution in [0.2, 0.25) is 5.02 Å². The van der Waals surface area contributed by atoms with Gasteiger partial charge in [0.1, 0.15) is 5.75 Å². The van der Waals surface area contributed by atoms with Crippen molar-refractivity contribution in [3.63, 3.8) is 0 Å². The average molecular weight is 436 g/mol. The lowest BCUT2D eigenvalue weighted by atomic mass is 10.2. The first-order valence-corrected chi connectivity index (χ1v) is 10.8. The van der Waals surface area contributed by atoms with Gasteiger partial charge in [-0.05, 0) is 49.2 Å². The smallest absolute Gasteiger partial charge is 0.276 e. The Morgan fingerprint density at radius 3 is 2.69 bits per heavy atom. The third-order valence-electron chi connectivity index (χ3n) is 4.75. The average Bonchev–Trinajstić information content (AvgIpc) is 3.37. The summed E-state index contributed by atoms with van der Waals surface area (Å²) in [6, 6.07) is 8.87. The van der Waals surface area contributed by atoms with Gasteiger partial charge in [-0.3, -0.25) is 9.52 Å². The highest BCUT2D eigenvalue weighted by Gasteiger charge is 2.26. The zero-order chi connectivity index (χ0) is 20.6. The van der Waals surface area contributed by atoms with Crippen LogP contribution in [0.15, 0.2) is 45.8 Å². The van der Waals surface area contributed by atoms with Crippen LogP contribution in [-0.2, 0) is 10.0 Å². The van der Waals surface area contributed by atoms with Crippen LogP contribution in [0, 0.1) is 0 Å². The molecule has 8 nitrogen and oxygen atoms in total. The van der Waals surface area contributed by atoms with E-state index < -0.39 is 10.0 Å². The van der Waals surface area contributed by atoms with E-state index in [1.807, 2.05) is 0 Å². The van der Waals surface area contributed by atoms with Crippen LogP contribution < -0.4 is 9.46 Å². The second-order valence-corrected chi connectivity index (χ2v) is 8.76. The Hall–Kier alpha value is -2.78. The van der Waals surface area contributed by atoms with Gasteiger partial charge in [-0.1, -0.05) is 16.8 Å². The molecule has 0 radical (unpaired) electrons. The summed E-state index contributed by atoms with van der Waals surface area (Å²) in [7, 11) is -2.55. The highest BCUT2D eigenvalue weighted by atomic mass is 35.5. The first-order valence-electron chi connectivity index (χ1n) is 8.94. The molecule has 1 aliphatic rings. The maximum atomic E-state index is 12.9. The van der Waals surface area contributed by atoms with Crippen LogP contribution in [0.4, 0.5) is 5.69 Å². The van der Waals surface area contributed by atoms with E-state index in [0.717, 1.165) is 12.8 Å². The number of halogens is 1. The van der Waals surface area contributed by atoms with Crippen molar-refractivity contribution in [3.8, 4) is 5.75 Å². The number of likely N-dealkylation sites (tertiary alicyclic amines) is 1. The Labute approximate surface area is 172 Å². The van der Waals surface area contributed by atoms with Gasteiger partial charge in [0, 0.05) is 18.1 Å². The van der Waals surface area contributed by atoms with Crippen molar-refractivity contribution in [1.82, 2.24) is 10.1 Å². The number of carbonyl (C=O) groups excluding carboxylic acids is 1. The summed E-state index contributed by atoms with van der Waals surface area (Å²) in [5.74, 6) is 0.0641. The number of nitrogens with one attached hydrogen (secondary N) is 1. The van der Waals surface area contributed by atoms with Crippen LogP contribution in [0.5, 0.6) is 5.75 Å². The topological polar surface area (TPSA) is 102 Å². The number of benzene rings is 2. The van der Waals surface area contributed by atoms with Crippen molar-refractivity contribution in [1.29, 1.82) is 0 Å². The zero-order valence-corrected chi connectivity index (χ0v) is 17.1. The van der Waals surface area contributed by atoms with Gasteiger partial charge in [0.25, 0.3) is 15.9 Å². The molecule has 0 bridgehead atoms. The van der Waals surface area contributed by atoms with Crippen molar-refractivity contribution < 1.29 is 22.5 Å². The molecule has 0 unspecified atom stereocenters. The number of carbonyl (C=O) groups is 1. The summed E-state index contributed by atoms with van der Waals surface area (Å²) in [5, 5.41) is 4.57. The molecule has 10 heteroatoms. The number of methoxy groups -OCH3 is 1. The third kappa shape index (κ3) is 3.75. The number of hydrogen-bond donors (Lipinski definition) is 1. The molecule has 0 atom stereocenters. The number of aromatic nitrogens is 1. The normalized spacial score (nSPS) is 14.3. The summed E-state index contributed by atoms with van der Waals surface area (Å²) in [6.07, 6.45) is 1.87. The molecule has 2 heterocycles. The maximum Gasteiger partial charge on any atom is 0.276 e. The van der Waals surface area contributed by atoms with Crippen molar-refractivity contribution >= 4 is 44.2 Å². The second kappa shape index (κ2) is 7.57. The monoisotopic (exact) mass is 435 g/mol. The minimum absolute atomic E-state index is 0.0364. The van der Waals surface area contributed by atoms with Crippen LogP contribution >= 0.6 is 11.6 Å². The van der Waals surface area contributed by atoms with E-state index >= 15 is 0 Å². The number of ether oxygens (including phenoxy) is 1. The molecule has 4 rings (SSSR count). The molecule has 29 heavy (non-hydrogen) atoms. The molecular weight excluding hydrogens is 418 g/mol. The fraction of sp³-hybridized carbons (Fsp3) is 0.263. The van der Waals surface area contributed by atoms with E-state index in [-0.39, 0.29) is 22.2 Å². The van der Waals surface area contributed by atoms with Gasteiger partial charge in [-0.15, -0.1) is 0 Å². The Morgan fingerprint density at radius 2 is 1.97 bits per heavy atom. The van der Waals surface area contributed by atoms with Gasteiger partial charge in [-0.25, -0.2) is 8.42 Å². The third-order valence-corrected chi connectivity index (χ3v) is 6.35. The number of sulfonamides is 1. The SMILES string of the molecule is COc1ccc(Cl)cc1NS(=O)(=O)c1ccc2onc(C(=O)N3CCCC3)c2c1. The molecule has 1 aliphatic heterocycles. The van der Waals surface area contributed by atoms with Crippen molar-refractivity contribution in [3.05, 3.63) is 47.1 Å². The number of fused-ring (bicyclic) bond motifs is 1. The first-order chi connectivity index (χ1) is 13.9. The summed E-state index contributed by atoms with van der Waals surface area (Å²) in [6.45, 7) is 1.31. The van der Waals surface area contributed by atoms with Crippen molar-refractivity contribution in [2.45, 2.75) is 17.7 Å². The molecular formula is C19H18ClN3O5S. The number of amides is 1. The number of nitrogens with zero attached hydrogens (tertiary/aromatic N) is 2. The maximum absolute atomic E-state index is 12.9. The predicted octanol–water partition coefficient (Wildman–Crippen LogP) is 3.53. The van der Waals surface area contributed by atoms with Crippen molar-refractivity contribution in [2.24, 2.45) is 0 Å². The minimum atomic E-state index is -3.98. The van der Waals surface area contributed by atoms with Gasteiger partial charge < -0.3 is 14.2 Å². The number of rotatable bonds is 5. The van der Waals surface area contributed by atoms with Crippen LogP contribution in [0.3, 0.4) is 0 Å². The molecule has 0 aliphatic carbocycles. The lowest BCUT2D eigenvalue weighted by molar-refractivity contribution is 0.0784. The summed E-state index contributed by atoms with van der Waals surface area (Å²) in [5.41, 5.74) is 0.657. The number of hydrogen-bond acceptors (Lipinski definition) is 6. The van der Waals surface area contributed by atoms with Crippen LogP contribution in [0.25, 0.3) is 11.0 Å². The highest BCUT2D eigenvalue weighted by molar-refractivity contribution is 7.92. The first kappa shape index (κ1) is 19.5. The molecule has 1 saturated heterocycles. The summed E-state index contributed by atoms with van der Waals surface area (Å²) < 4.78 is 38.7.